The van der Waals surface area contributed by atoms with Gasteiger partial charge >= 0.3 is 6.01 Å². The molecule has 8 nitrogen and oxygen atoms in total. The third-order valence-corrected chi connectivity index (χ3v) is 5.65. The summed E-state index contributed by atoms with van der Waals surface area (Å²) in [6.07, 6.45) is 3.61. The molecule has 1 fully saturated rings. The number of benzene rings is 2. The van der Waals surface area contributed by atoms with E-state index in [4.69, 9.17) is 14.2 Å². The SMILES string of the molecule is COc1ccccc1CNc1ccc2cc(Nc3nc(N4CCCCC4)no3)ccc2n1. The Hall–Kier alpha value is -3.81. The van der Waals surface area contributed by atoms with Crippen LogP contribution in [0.5, 0.6) is 5.75 Å². The number of methoxy groups -OCH3 is 1. The summed E-state index contributed by atoms with van der Waals surface area (Å²) >= 11 is 0. The van der Waals surface area contributed by atoms with Gasteiger partial charge in [-0.05, 0) is 60.8 Å². The van der Waals surface area contributed by atoms with E-state index in [9.17, 15) is 0 Å². The molecule has 1 aliphatic heterocycles. The predicted molar refractivity (Wildman–Crippen MR) is 126 cm³/mol. The van der Waals surface area contributed by atoms with Crippen molar-refractivity contribution in [2.24, 2.45) is 0 Å². The predicted octanol–water partition coefficient (Wildman–Crippen LogP) is 4.97. The standard InChI is InChI=1S/C24H26N6O2/c1-31-21-8-4-3-7-18(21)16-25-22-12-9-17-15-19(10-11-20(17)27-22)26-24-28-23(29-32-24)30-13-5-2-6-14-30/h3-4,7-12,15H,2,5-6,13-14,16H2,1H3,(H,25,27)(H,26,28,29). The van der Waals surface area contributed by atoms with E-state index in [-0.39, 0.29) is 0 Å². The first kappa shape index (κ1) is 20.1. The van der Waals surface area contributed by atoms with Crippen molar-refractivity contribution in [2.45, 2.75) is 25.8 Å². The second-order valence-corrected chi connectivity index (χ2v) is 7.84. The Morgan fingerprint density at radius 3 is 2.75 bits per heavy atom. The average molecular weight is 431 g/mol. The van der Waals surface area contributed by atoms with Crippen LogP contribution in [0.2, 0.25) is 0 Å². The number of anilines is 4. The van der Waals surface area contributed by atoms with Crippen LogP contribution < -0.4 is 20.3 Å². The van der Waals surface area contributed by atoms with Crippen molar-refractivity contribution in [3.05, 3.63) is 60.2 Å². The first-order valence-electron chi connectivity index (χ1n) is 10.9. The number of rotatable bonds is 7. The zero-order valence-corrected chi connectivity index (χ0v) is 18.0. The van der Waals surface area contributed by atoms with Crippen molar-refractivity contribution < 1.29 is 9.26 Å². The number of aromatic nitrogens is 3. The van der Waals surface area contributed by atoms with Crippen LogP contribution in [0.3, 0.4) is 0 Å². The fraction of sp³-hybridized carbons (Fsp3) is 0.292. The van der Waals surface area contributed by atoms with Crippen LogP contribution in [0.15, 0.2) is 59.1 Å². The van der Waals surface area contributed by atoms with E-state index in [2.05, 4.69) is 25.7 Å². The minimum atomic E-state index is 0.396. The minimum absolute atomic E-state index is 0.396. The fourth-order valence-electron chi connectivity index (χ4n) is 3.95. The fourth-order valence-corrected chi connectivity index (χ4v) is 3.95. The van der Waals surface area contributed by atoms with Crippen LogP contribution in [0.1, 0.15) is 24.8 Å². The topological polar surface area (TPSA) is 88.3 Å². The second kappa shape index (κ2) is 9.13. The molecule has 0 spiro atoms. The van der Waals surface area contributed by atoms with E-state index in [1.807, 2.05) is 54.6 Å². The average Bonchev–Trinajstić information content (AvgIpc) is 3.32. The maximum Gasteiger partial charge on any atom is 0.327 e. The molecule has 164 valence electrons. The van der Waals surface area contributed by atoms with E-state index in [1.54, 1.807) is 7.11 Å². The molecule has 0 atom stereocenters. The maximum atomic E-state index is 5.41. The molecular formula is C24H26N6O2. The largest absolute Gasteiger partial charge is 0.496 e. The van der Waals surface area contributed by atoms with Gasteiger partial charge in [-0.3, -0.25) is 0 Å². The number of fused-ring (bicyclic) bond motifs is 1. The first-order chi connectivity index (χ1) is 15.8. The number of nitrogens with one attached hydrogen (secondary N) is 2. The summed E-state index contributed by atoms with van der Waals surface area (Å²) in [4.78, 5) is 11.4. The van der Waals surface area contributed by atoms with Crippen LogP contribution in [-0.2, 0) is 6.54 Å². The van der Waals surface area contributed by atoms with Crippen LogP contribution in [0.25, 0.3) is 10.9 Å². The summed E-state index contributed by atoms with van der Waals surface area (Å²) < 4.78 is 10.8. The zero-order valence-electron chi connectivity index (χ0n) is 18.0. The van der Waals surface area contributed by atoms with Gasteiger partial charge in [0.2, 0.25) is 0 Å². The molecule has 0 unspecified atom stereocenters. The van der Waals surface area contributed by atoms with Crippen LogP contribution in [0, 0.1) is 0 Å². The highest BCUT2D eigenvalue weighted by molar-refractivity contribution is 5.84. The highest BCUT2D eigenvalue weighted by Crippen LogP contribution is 2.25. The number of hydrogen-bond donors (Lipinski definition) is 2. The van der Waals surface area contributed by atoms with Gasteiger partial charge in [0.15, 0.2) is 0 Å². The molecule has 1 aliphatic rings. The van der Waals surface area contributed by atoms with Gasteiger partial charge in [-0.2, -0.15) is 4.98 Å². The second-order valence-electron chi connectivity index (χ2n) is 7.84. The van der Waals surface area contributed by atoms with Gasteiger partial charge in [-0.25, -0.2) is 4.98 Å². The van der Waals surface area contributed by atoms with Crippen molar-refractivity contribution in [1.82, 2.24) is 15.1 Å². The molecule has 1 saturated heterocycles. The molecule has 0 aliphatic carbocycles. The normalized spacial score (nSPS) is 13.8. The highest BCUT2D eigenvalue weighted by Gasteiger charge is 2.17. The molecule has 2 aromatic carbocycles. The Kier molecular flexibility index (Phi) is 5.74. The molecular weight excluding hydrogens is 404 g/mol. The van der Waals surface area contributed by atoms with E-state index < -0.39 is 0 Å². The number of nitrogens with zero attached hydrogens (tertiary/aromatic N) is 4. The van der Waals surface area contributed by atoms with Crippen LogP contribution in [0.4, 0.5) is 23.5 Å². The Morgan fingerprint density at radius 1 is 1.00 bits per heavy atom. The quantitative estimate of drug-likeness (QED) is 0.425. The molecule has 5 rings (SSSR count). The molecule has 0 radical (unpaired) electrons. The van der Waals surface area contributed by atoms with Crippen LogP contribution >= 0.6 is 0 Å². The van der Waals surface area contributed by atoms with Gasteiger partial charge in [-0.1, -0.05) is 18.2 Å². The van der Waals surface area contributed by atoms with E-state index in [0.717, 1.165) is 46.8 Å². The van der Waals surface area contributed by atoms with Crippen molar-refractivity contribution in [3.8, 4) is 5.75 Å². The van der Waals surface area contributed by atoms with E-state index >= 15 is 0 Å². The van der Waals surface area contributed by atoms with Crippen molar-refractivity contribution in [2.75, 3.05) is 35.7 Å². The molecule has 0 amide bonds. The molecule has 2 N–H and O–H groups in total. The summed E-state index contributed by atoms with van der Waals surface area (Å²) in [5.41, 5.74) is 2.86. The molecule has 2 aromatic heterocycles. The zero-order chi connectivity index (χ0) is 21.8. The monoisotopic (exact) mass is 430 g/mol. The summed E-state index contributed by atoms with van der Waals surface area (Å²) in [7, 11) is 1.68. The third-order valence-electron chi connectivity index (χ3n) is 5.65. The lowest BCUT2D eigenvalue weighted by molar-refractivity contribution is 0.410. The summed E-state index contributed by atoms with van der Waals surface area (Å²) in [6.45, 7) is 2.60. The van der Waals surface area contributed by atoms with Gasteiger partial charge in [0.25, 0.3) is 5.95 Å². The molecule has 0 saturated carbocycles. The lowest BCUT2D eigenvalue weighted by Crippen LogP contribution is -2.30. The molecule has 32 heavy (non-hydrogen) atoms. The van der Waals surface area contributed by atoms with E-state index in [1.165, 1.54) is 19.3 Å². The van der Waals surface area contributed by atoms with Gasteiger partial charge < -0.3 is 24.8 Å². The van der Waals surface area contributed by atoms with Gasteiger partial charge in [-0.15, -0.1) is 0 Å². The number of para-hydroxylation sites is 1. The number of piperidine rings is 1. The Labute approximate surface area is 186 Å². The van der Waals surface area contributed by atoms with Gasteiger partial charge in [0, 0.05) is 36.3 Å². The third kappa shape index (κ3) is 4.44. The van der Waals surface area contributed by atoms with Gasteiger partial charge in [0.1, 0.15) is 11.6 Å². The number of hydrogen-bond acceptors (Lipinski definition) is 8. The molecule has 0 bridgehead atoms. The molecule has 3 heterocycles. The van der Waals surface area contributed by atoms with Crippen molar-refractivity contribution in [3.63, 3.8) is 0 Å². The lowest BCUT2D eigenvalue weighted by atomic mass is 10.1. The number of ether oxygens (including phenoxy) is 1. The minimum Gasteiger partial charge on any atom is -0.496 e. The Balaban J connectivity index is 1.26. The molecule has 8 heteroatoms. The maximum absolute atomic E-state index is 5.41. The number of pyridine rings is 1. The lowest BCUT2D eigenvalue weighted by Gasteiger charge is -2.24. The first-order valence-corrected chi connectivity index (χ1v) is 10.9. The smallest absolute Gasteiger partial charge is 0.327 e. The van der Waals surface area contributed by atoms with Crippen molar-refractivity contribution in [1.29, 1.82) is 0 Å². The summed E-state index contributed by atoms with van der Waals surface area (Å²) in [6, 6.07) is 18.3. The summed E-state index contributed by atoms with van der Waals surface area (Å²) in [5, 5.41) is 11.7. The van der Waals surface area contributed by atoms with Crippen LogP contribution in [-0.4, -0.2) is 35.3 Å². The Bertz CT molecular complexity index is 1200. The highest BCUT2D eigenvalue weighted by atomic mass is 16.5. The Morgan fingerprint density at radius 2 is 1.88 bits per heavy atom. The summed E-state index contributed by atoms with van der Waals surface area (Å²) in [5.74, 6) is 2.33. The van der Waals surface area contributed by atoms with Gasteiger partial charge in [0.05, 0.1) is 12.6 Å². The van der Waals surface area contributed by atoms with E-state index in [0.29, 0.717) is 18.5 Å². The van der Waals surface area contributed by atoms with Crippen molar-refractivity contribution >= 4 is 34.4 Å². The molecule has 4 aromatic rings.